The van der Waals surface area contributed by atoms with E-state index in [1.807, 2.05) is 30.3 Å². The molecule has 0 spiro atoms. The number of halogens is 1. The molecule has 2 aromatic carbocycles. The van der Waals surface area contributed by atoms with Gasteiger partial charge in [-0.25, -0.2) is 4.39 Å². The van der Waals surface area contributed by atoms with Gasteiger partial charge < -0.3 is 10.6 Å². The minimum absolute atomic E-state index is 0.0353. The van der Waals surface area contributed by atoms with Crippen LogP contribution < -0.4 is 10.6 Å². The lowest BCUT2D eigenvalue weighted by Gasteiger charge is -2.19. The number of Topliss-reactive ketones (excluding diaryl/α,β-unsaturated/α-hetero) is 1. The molecule has 2 N–H and O–H groups in total. The van der Waals surface area contributed by atoms with Gasteiger partial charge in [-0.1, -0.05) is 43.7 Å². The number of fused-ring (bicyclic) bond motifs is 1. The number of carbonyl (C=O) groups is 2. The van der Waals surface area contributed by atoms with Crippen molar-refractivity contribution in [2.45, 2.75) is 45.6 Å². The van der Waals surface area contributed by atoms with Gasteiger partial charge in [-0.15, -0.1) is 0 Å². The van der Waals surface area contributed by atoms with Crippen LogP contribution in [0.25, 0.3) is 0 Å². The van der Waals surface area contributed by atoms with Crippen LogP contribution in [-0.2, 0) is 24.2 Å². The molecule has 0 saturated carbocycles. The van der Waals surface area contributed by atoms with E-state index < -0.39 is 0 Å². The maximum atomic E-state index is 14.6. The highest BCUT2D eigenvalue weighted by Gasteiger charge is 2.18. The van der Waals surface area contributed by atoms with Gasteiger partial charge in [0, 0.05) is 24.9 Å². The molecule has 0 unspecified atom stereocenters. The lowest BCUT2D eigenvalue weighted by Crippen LogP contribution is -2.25. The van der Waals surface area contributed by atoms with Crippen molar-refractivity contribution < 1.29 is 14.0 Å². The first-order chi connectivity index (χ1) is 13.1. The van der Waals surface area contributed by atoms with Gasteiger partial charge in [-0.3, -0.25) is 9.59 Å². The lowest BCUT2D eigenvalue weighted by molar-refractivity contribution is -0.116. The van der Waals surface area contributed by atoms with E-state index in [4.69, 9.17) is 0 Å². The first kappa shape index (κ1) is 19.2. The molecule has 27 heavy (non-hydrogen) atoms. The minimum Gasteiger partial charge on any atom is -0.324 e. The molecule has 3 rings (SSSR count). The maximum absolute atomic E-state index is 14.6. The molecule has 0 aliphatic carbocycles. The third kappa shape index (κ3) is 4.80. The molecule has 0 aromatic heterocycles. The summed E-state index contributed by atoms with van der Waals surface area (Å²) in [5.41, 5.74) is 3.59. The number of ketones is 1. The lowest BCUT2D eigenvalue weighted by atomic mass is 9.99. The molecule has 0 saturated heterocycles. The molecule has 1 amide bonds. The average molecular weight is 368 g/mol. The summed E-state index contributed by atoms with van der Waals surface area (Å²) in [6.45, 7) is 3.48. The SMILES string of the molecule is CCCc1ccc(C(=O)CCC(=O)Nc2ccc3c(c2F)CCNC3)cc1. The van der Waals surface area contributed by atoms with Crippen molar-refractivity contribution in [3.05, 3.63) is 64.5 Å². The summed E-state index contributed by atoms with van der Waals surface area (Å²) >= 11 is 0. The van der Waals surface area contributed by atoms with Gasteiger partial charge in [0.2, 0.25) is 5.91 Å². The van der Waals surface area contributed by atoms with Crippen molar-refractivity contribution in [1.82, 2.24) is 5.32 Å². The number of hydrogen-bond acceptors (Lipinski definition) is 3. The zero-order chi connectivity index (χ0) is 19.2. The predicted molar refractivity (Wildman–Crippen MR) is 104 cm³/mol. The zero-order valence-electron chi connectivity index (χ0n) is 15.6. The van der Waals surface area contributed by atoms with E-state index in [-0.39, 0.29) is 36.0 Å². The monoisotopic (exact) mass is 368 g/mol. The molecule has 5 heteroatoms. The largest absolute Gasteiger partial charge is 0.324 e. The van der Waals surface area contributed by atoms with E-state index in [0.29, 0.717) is 24.1 Å². The molecule has 2 aromatic rings. The van der Waals surface area contributed by atoms with Gasteiger partial charge in [0.05, 0.1) is 5.69 Å². The summed E-state index contributed by atoms with van der Waals surface area (Å²) in [6, 6.07) is 10.9. The maximum Gasteiger partial charge on any atom is 0.224 e. The number of rotatable bonds is 7. The molecule has 1 heterocycles. The molecular formula is C22H25FN2O2. The van der Waals surface area contributed by atoms with Gasteiger partial charge in [-0.2, -0.15) is 0 Å². The van der Waals surface area contributed by atoms with Crippen LogP contribution in [0.1, 0.15) is 53.2 Å². The Labute approximate surface area is 159 Å². The van der Waals surface area contributed by atoms with Crippen LogP contribution in [0, 0.1) is 5.82 Å². The highest BCUT2D eigenvalue weighted by Crippen LogP contribution is 2.24. The Morgan fingerprint density at radius 3 is 2.63 bits per heavy atom. The molecule has 0 fully saturated rings. The summed E-state index contributed by atoms with van der Waals surface area (Å²) in [5.74, 6) is -0.788. The van der Waals surface area contributed by atoms with Crippen molar-refractivity contribution in [2.75, 3.05) is 11.9 Å². The number of benzene rings is 2. The summed E-state index contributed by atoms with van der Waals surface area (Å²) in [6.07, 6.45) is 2.79. The van der Waals surface area contributed by atoms with Gasteiger partial charge in [0.25, 0.3) is 0 Å². The van der Waals surface area contributed by atoms with Gasteiger partial charge in [0.15, 0.2) is 5.78 Å². The van der Waals surface area contributed by atoms with Gasteiger partial charge in [-0.05, 0) is 42.1 Å². The number of nitrogens with one attached hydrogen (secondary N) is 2. The summed E-state index contributed by atoms with van der Waals surface area (Å²) in [4.78, 5) is 24.4. The fourth-order valence-corrected chi connectivity index (χ4v) is 3.36. The van der Waals surface area contributed by atoms with E-state index in [9.17, 15) is 14.0 Å². The smallest absolute Gasteiger partial charge is 0.224 e. The van der Waals surface area contributed by atoms with Gasteiger partial charge in [0.1, 0.15) is 5.82 Å². The van der Waals surface area contributed by atoms with Crippen molar-refractivity contribution in [2.24, 2.45) is 0 Å². The van der Waals surface area contributed by atoms with E-state index in [1.165, 1.54) is 5.56 Å². The van der Waals surface area contributed by atoms with Gasteiger partial charge >= 0.3 is 0 Å². The first-order valence-corrected chi connectivity index (χ1v) is 9.51. The fraction of sp³-hybridized carbons (Fsp3) is 0.364. The van der Waals surface area contributed by atoms with Crippen molar-refractivity contribution in [1.29, 1.82) is 0 Å². The molecular weight excluding hydrogens is 343 g/mol. The standard InChI is InChI=1S/C22H25FN2O2/c1-2-3-15-4-6-16(7-5-15)20(26)10-11-21(27)25-19-9-8-17-14-24-13-12-18(17)22(19)23/h4-9,24H,2-3,10-14H2,1H3,(H,25,27). The molecule has 1 aliphatic rings. The third-order valence-electron chi connectivity index (χ3n) is 4.88. The predicted octanol–water partition coefficient (Wildman–Crippen LogP) is 4.03. The van der Waals surface area contributed by atoms with Crippen molar-refractivity contribution in [3.63, 3.8) is 0 Å². The quantitative estimate of drug-likeness (QED) is 0.726. The second kappa shape index (κ2) is 8.91. The van der Waals surface area contributed by atoms with Crippen LogP contribution in [0.15, 0.2) is 36.4 Å². The number of hydrogen-bond donors (Lipinski definition) is 2. The van der Waals surface area contributed by atoms with Crippen LogP contribution >= 0.6 is 0 Å². The number of amides is 1. The van der Waals surface area contributed by atoms with E-state index in [1.54, 1.807) is 6.07 Å². The van der Waals surface area contributed by atoms with Crippen LogP contribution in [0.3, 0.4) is 0 Å². The first-order valence-electron chi connectivity index (χ1n) is 9.51. The molecule has 0 bridgehead atoms. The number of anilines is 1. The fourth-order valence-electron chi connectivity index (χ4n) is 3.36. The highest BCUT2D eigenvalue weighted by atomic mass is 19.1. The van der Waals surface area contributed by atoms with E-state index in [2.05, 4.69) is 17.6 Å². The second-order valence-corrected chi connectivity index (χ2v) is 6.91. The van der Waals surface area contributed by atoms with Crippen LogP contribution in [0.2, 0.25) is 0 Å². The Morgan fingerprint density at radius 2 is 1.89 bits per heavy atom. The normalized spacial score (nSPS) is 13.1. The average Bonchev–Trinajstić information content (AvgIpc) is 2.69. The molecule has 142 valence electrons. The molecule has 1 aliphatic heterocycles. The topological polar surface area (TPSA) is 58.2 Å². The molecule has 0 radical (unpaired) electrons. The summed E-state index contributed by atoms with van der Waals surface area (Å²) in [7, 11) is 0. The van der Waals surface area contributed by atoms with Crippen LogP contribution in [0.5, 0.6) is 0 Å². The van der Waals surface area contributed by atoms with Crippen LogP contribution in [-0.4, -0.2) is 18.2 Å². The third-order valence-corrected chi connectivity index (χ3v) is 4.88. The zero-order valence-corrected chi connectivity index (χ0v) is 15.6. The molecule has 4 nitrogen and oxygen atoms in total. The Balaban J connectivity index is 1.56. The molecule has 0 atom stereocenters. The summed E-state index contributed by atoms with van der Waals surface area (Å²) < 4.78 is 14.6. The Bertz CT molecular complexity index is 831. The summed E-state index contributed by atoms with van der Waals surface area (Å²) in [5, 5.41) is 5.80. The Morgan fingerprint density at radius 1 is 1.11 bits per heavy atom. The number of carbonyl (C=O) groups excluding carboxylic acids is 2. The second-order valence-electron chi connectivity index (χ2n) is 6.91. The van der Waals surface area contributed by atoms with Crippen LogP contribution in [0.4, 0.5) is 10.1 Å². The van der Waals surface area contributed by atoms with Crippen molar-refractivity contribution >= 4 is 17.4 Å². The minimum atomic E-state index is -0.361. The van der Waals surface area contributed by atoms with Crippen molar-refractivity contribution in [3.8, 4) is 0 Å². The number of aryl methyl sites for hydroxylation is 1. The Hall–Kier alpha value is -2.53. The van der Waals surface area contributed by atoms with E-state index in [0.717, 1.165) is 24.9 Å². The highest BCUT2D eigenvalue weighted by molar-refractivity contribution is 6.00. The van der Waals surface area contributed by atoms with E-state index >= 15 is 0 Å². The Kier molecular flexibility index (Phi) is 6.35.